The number of hydrogen-bond acceptors (Lipinski definition) is 5. The van der Waals surface area contributed by atoms with E-state index in [-0.39, 0.29) is 29.9 Å². The van der Waals surface area contributed by atoms with Gasteiger partial charge in [-0.15, -0.1) is 0 Å². The molecule has 9 heteroatoms. The SMILES string of the molecule is CCS(=O)(=O)N1CCc2cc(C(=O)CN3C(=O)N[C@@]4(CCCC[C@@H]4C)C3=O)ccc21. The average Bonchev–Trinajstić information content (AvgIpc) is 3.25. The summed E-state index contributed by atoms with van der Waals surface area (Å²) >= 11 is 0. The predicted octanol–water partition coefficient (Wildman–Crippen LogP) is 2.08. The number of fused-ring (bicyclic) bond motifs is 1. The third-order valence-corrected chi connectivity index (χ3v) is 8.54. The van der Waals surface area contributed by atoms with E-state index in [0.29, 0.717) is 30.6 Å². The lowest BCUT2D eigenvalue weighted by molar-refractivity contribution is -0.133. The predicted molar refractivity (Wildman–Crippen MR) is 112 cm³/mol. The fraction of sp³-hybridized carbons (Fsp3) is 0.571. The zero-order valence-corrected chi connectivity index (χ0v) is 18.1. The second-order valence-corrected chi connectivity index (χ2v) is 10.6. The summed E-state index contributed by atoms with van der Waals surface area (Å²) in [5, 5.41) is 2.86. The highest BCUT2D eigenvalue weighted by Crippen LogP contribution is 2.38. The van der Waals surface area contributed by atoms with Gasteiger partial charge in [-0.2, -0.15) is 0 Å². The first-order valence-electron chi connectivity index (χ1n) is 10.5. The second kappa shape index (κ2) is 7.37. The number of Topliss-reactive ketones (excluding diaryl/α,β-unsaturated/α-hetero) is 1. The van der Waals surface area contributed by atoms with Gasteiger partial charge in [-0.3, -0.25) is 18.8 Å². The van der Waals surface area contributed by atoms with Crippen LogP contribution in [0.5, 0.6) is 0 Å². The Hall–Kier alpha value is -2.42. The van der Waals surface area contributed by atoms with Crippen LogP contribution in [0.25, 0.3) is 0 Å². The van der Waals surface area contributed by atoms with Gasteiger partial charge in [-0.25, -0.2) is 13.2 Å². The maximum absolute atomic E-state index is 13.1. The number of nitrogens with one attached hydrogen (secondary N) is 1. The number of carbonyl (C=O) groups is 3. The maximum atomic E-state index is 13.1. The van der Waals surface area contributed by atoms with E-state index < -0.39 is 21.6 Å². The average molecular weight is 434 g/mol. The van der Waals surface area contributed by atoms with E-state index in [1.165, 1.54) is 4.31 Å². The number of anilines is 1. The van der Waals surface area contributed by atoms with Crippen molar-refractivity contribution in [2.45, 2.75) is 51.5 Å². The van der Waals surface area contributed by atoms with Gasteiger partial charge in [-0.05, 0) is 55.9 Å². The minimum atomic E-state index is -3.36. The summed E-state index contributed by atoms with van der Waals surface area (Å²) in [5.41, 5.74) is 0.872. The number of sulfonamides is 1. The topological polar surface area (TPSA) is 104 Å². The summed E-state index contributed by atoms with van der Waals surface area (Å²) in [6.45, 7) is 3.62. The van der Waals surface area contributed by atoms with Crippen LogP contribution in [0.1, 0.15) is 55.5 Å². The van der Waals surface area contributed by atoms with Crippen LogP contribution in [0.4, 0.5) is 10.5 Å². The van der Waals surface area contributed by atoms with Crippen LogP contribution in [0.2, 0.25) is 0 Å². The van der Waals surface area contributed by atoms with Gasteiger partial charge in [0.2, 0.25) is 10.0 Å². The Morgan fingerprint density at radius 2 is 2.03 bits per heavy atom. The number of hydrogen-bond donors (Lipinski definition) is 1. The van der Waals surface area contributed by atoms with Gasteiger partial charge < -0.3 is 5.32 Å². The van der Waals surface area contributed by atoms with Crippen molar-refractivity contribution in [1.82, 2.24) is 10.2 Å². The Morgan fingerprint density at radius 1 is 1.27 bits per heavy atom. The molecular formula is C21H27N3O5S. The van der Waals surface area contributed by atoms with Crippen molar-refractivity contribution in [3.8, 4) is 0 Å². The highest BCUT2D eigenvalue weighted by molar-refractivity contribution is 7.92. The van der Waals surface area contributed by atoms with E-state index in [2.05, 4.69) is 5.32 Å². The summed E-state index contributed by atoms with van der Waals surface area (Å²) in [4.78, 5) is 39.5. The van der Waals surface area contributed by atoms with Crippen molar-refractivity contribution in [3.63, 3.8) is 0 Å². The van der Waals surface area contributed by atoms with E-state index in [9.17, 15) is 22.8 Å². The molecule has 2 atom stereocenters. The molecule has 1 saturated heterocycles. The van der Waals surface area contributed by atoms with Gasteiger partial charge in [0.25, 0.3) is 5.91 Å². The number of amides is 3. The Bertz CT molecular complexity index is 1020. The minimum absolute atomic E-state index is 0.0134. The first-order valence-corrected chi connectivity index (χ1v) is 12.1. The molecule has 0 unspecified atom stereocenters. The van der Waals surface area contributed by atoms with Crippen LogP contribution in [0.3, 0.4) is 0 Å². The third-order valence-electron chi connectivity index (χ3n) is 6.76. The molecule has 8 nitrogen and oxygen atoms in total. The van der Waals surface area contributed by atoms with Crippen LogP contribution in [0.15, 0.2) is 18.2 Å². The fourth-order valence-electron chi connectivity index (χ4n) is 4.86. The molecule has 3 amide bonds. The van der Waals surface area contributed by atoms with Crippen LogP contribution in [-0.2, 0) is 21.2 Å². The lowest BCUT2D eigenvalue weighted by Gasteiger charge is -2.36. The molecule has 1 aromatic carbocycles. The first kappa shape index (κ1) is 20.8. The zero-order chi connectivity index (χ0) is 21.7. The summed E-state index contributed by atoms with van der Waals surface area (Å²) in [6.07, 6.45) is 3.91. The molecule has 2 heterocycles. The molecule has 30 heavy (non-hydrogen) atoms. The summed E-state index contributed by atoms with van der Waals surface area (Å²) in [7, 11) is -3.36. The van der Waals surface area contributed by atoms with Crippen LogP contribution in [-0.4, -0.2) is 55.4 Å². The van der Waals surface area contributed by atoms with E-state index in [4.69, 9.17) is 0 Å². The summed E-state index contributed by atoms with van der Waals surface area (Å²) < 4.78 is 25.8. The van der Waals surface area contributed by atoms with Crippen molar-refractivity contribution < 1.29 is 22.8 Å². The van der Waals surface area contributed by atoms with E-state index in [1.807, 2.05) is 6.92 Å². The Kier molecular flexibility index (Phi) is 5.12. The smallest absolute Gasteiger partial charge is 0.323 e. The number of nitrogens with zero attached hydrogens (tertiary/aromatic N) is 2. The Balaban J connectivity index is 1.53. The Labute approximate surface area is 176 Å². The molecule has 1 spiro atoms. The third kappa shape index (κ3) is 3.19. The summed E-state index contributed by atoms with van der Waals surface area (Å²) in [5.74, 6) is -0.596. The van der Waals surface area contributed by atoms with Crippen LogP contribution < -0.4 is 9.62 Å². The minimum Gasteiger partial charge on any atom is -0.323 e. The molecule has 0 aromatic heterocycles. The van der Waals surface area contributed by atoms with Crippen LogP contribution in [0, 0.1) is 5.92 Å². The largest absolute Gasteiger partial charge is 0.325 e. The highest BCUT2D eigenvalue weighted by Gasteiger charge is 2.55. The maximum Gasteiger partial charge on any atom is 0.325 e. The normalized spacial score (nSPS) is 26.3. The highest BCUT2D eigenvalue weighted by atomic mass is 32.2. The van der Waals surface area contributed by atoms with Crippen molar-refractivity contribution in [1.29, 1.82) is 0 Å². The van der Waals surface area contributed by atoms with Crippen molar-refractivity contribution in [2.75, 3.05) is 23.1 Å². The van der Waals surface area contributed by atoms with E-state index >= 15 is 0 Å². The second-order valence-electron chi connectivity index (χ2n) is 8.43. The molecule has 2 aliphatic heterocycles. The number of rotatable bonds is 5. The Morgan fingerprint density at radius 3 is 2.73 bits per heavy atom. The molecule has 162 valence electrons. The van der Waals surface area contributed by atoms with Gasteiger partial charge >= 0.3 is 6.03 Å². The van der Waals surface area contributed by atoms with E-state index in [1.54, 1.807) is 25.1 Å². The number of carbonyl (C=O) groups excluding carboxylic acids is 3. The fourth-order valence-corrected chi connectivity index (χ4v) is 6.02. The molecule has 1 N–H and O–H groups in total. The molecule has 3 aliphatic rings. The number of benzene rings is 1. The monoisotopic (exact) mass is 433 g/mol. The van der Waals surface area contributed by atoms with E-state index in [0.717, 1.165) is 29.7 Å². The molecule has 2 fully saturated rings. The quantitative estimate of drug-likeness (QED) is 0.566. The number of imide groups is 1. The molecule has 0 radical (unpaired) electrons. The number of urea groups is 1. The lowest BCUT2D eigenvalue weighted by Crippen LogP contribution is -2.54. The van der Waals surface area contributed by atoms with Gasteiger partial charge in [0.05, 0.1) is 18.0 Å². The van der Waals surface area contributed by atoms with Gasteiger partial charge in [0, 0.05) is 12.1 Å². The van der Waals surface area contributed by atoms with Crippen LogP contribution >= 0.6 is 0 Å². The molecule has 4 rings (SSSR count). The molecule has 0 bridgehead atoms. The van der Waals surface area contributed by atoms with Crippen molar-refractivity contribution >= 4 is 33.4 Å². The zero-order valence-electron chi connectivity index (χ0n) is 17.3. The molecule has 1 saturated carbocycles. The standard InChI is InChI=1S/C21H27N3O5S/c1-3-30(28,29)24-11-9-15-12-16(7-8-17(15)24)18(25)13-23-19(26)21(22-20(23)27)10-5-4-6-14(21)2/h7-8,12,14H,3-6,9-11,13H2,1-2H3,(H,22,27)/t14-,21+/m0/s1. The number of ketones is 1. The molecular weight excluding hydrogens is 406 g/mol. The van der Waals surface area contributed by atoms with Crippen molar-refractivity contribution in [2.24, 2.45) is 5.92 Å². The first-order chi connectivity index (χ1) is 14.2. The van der Waals surface area contributed by atoms with Gasteiger partial charge in [-0.1, -0.05) is 19.8 Å². The van der Waals surface area contributed by atoms with Gasteiger partial charge in [0.15, 0.2) is 5.78 Å². The van der Waals surface area contributed by atoms with Gasteiger partial charge in [0.1, 0.15) is 5.54 Å². The molecule has 1 aliphatic carbocycles. The summed E-state index contributed by atoms with van der Waals surface area (Å²) in [6, 6.07) is 4.38. The lowest BCUT2D eigenvalue weighted by atomic mass is 9.73. The molecule has 1 aromatic rings. The van der Waals surface area contributed by atoms with Crippen molar-refractivity contribution in [3.05, 3.63) is 29.3 Å².